The van der Waals surface area contributed by atoms with E-state index in [1.807, 2.05) is 0 Å². The van der Waals surface area contributed by atoms with E-state index in [9.17, 15) is 28.8 Å². The smallest absolute Gasteiger partial charge is 0.326 e. The molecule has 0 aromatic carbocycles. The molecule has 8 N–H and O–H groups in total. The molecule has 13 nitrogen and oxygen atoms in total. The zero-order chi connectivity index (χ0) is 24.8. The van der Waals surface area contributed by atoms with E-state index in [0.29, 0.717) is 5.75 Å². The summed E-state index contributed by atoms with van der Waals surface area (Å²) in [4.78, 5) is 69.5. The quantitative estimate of drug-likeness (QED) is 0.133. The maximum Gasteiger partial charge on any atom is 0.326 e. The Kier molecular flexibility index (Phi) is 13.7. The normalized spacial score (nSPS) is 14.3. The molecule has 14 heteroatoms. The lowest BCUT2D eigenvalue weighted by Gasteiger charge is -2.23. The van der Waals surface area contributed by atoms with Gasteiger partial charge < -0.3 is 37.0 Å². The second-order valence-corrected chi connectivity index (χ2v) is 7.93. The van der Waals surface area contributed by atoms with Crippen molar-refractivity contribution in [2.24, 2.45) is 5.73 Å². The van der Waals surface area contributed by atoms with Crippen LogP contribution in [0.4, 0.5) is 0 Å². The van der Waals surface area contributed by atoms with Crippen molar-refractivity contribution in [3.8, 4) is 0 Å². The van der Waals surface area contributed by atoms with E-state index in [1.54, 1.807) is 6.26 Å². The number of carbonyl (C=O) groups is 6. The van der Waals surface area contributed by atoms with Gasteiger partial charge in [0.2, 0.25) is 17.7 Å². The Morgan fingerprint density at radius 1 is 0.781 bits per heavy atom. The molecule has 0 saturated carbocycles. The zero-order valence-corrected chi connectivity index (χ0v) is 18.6. The molecule has 0 aliphatic rings. The van der Waals surface area contributed by atoms with Crippen molar-refractivity contribution in [1.29, 1.82) is 0 Å². The zero-order valence-electron chi connectivity index (χ0n) is 17.8. The number of aliphatic carboxylic acids is 3. The maximum absolute atomic E-state index is 12.6. The highest BCUT2D eigenvalue weighted by molar-refractivity contribution is 7.98. The van der Waals surface area contributed by atoms with Crippen LogP contribution in [0.15, 0.2) is 0 Å². The number of amides is 3. The largest absolute Gasteiger partial charge is 0.481 e. The fraction of sp³-hybridized carbons (Fsp3) is 0.667. The van der Waals surface area contributed by atoms with Crippen molar-refractivity contribution < 1.29 is 44.1 Å². The van der Waals surface area contributed by atoms with Gasteiger partial charge >= 0.3 is 17.9 Å². The first kappa shape index (κ1) is 29.1. The van der Waals surface area contributed by atoms with Crippen molar-refractivity contribution >= 4 is 47.4 Å². The number of rotatable bonds is 16. The molecule has 0 radical (unpaired) electrons. The summed E-state index contributed by atoms with van der Waals surface area (Å²) in [7, 11) is 0. The number of thioether (sulfide) groups is 1. The summed E-state index contributed by atoms with van der Waals surface area (Å²) < 4.78 is 0. The van der Waals surface area contributed by atoms with Gasteiger partial charge in [0.1, 0.15) is 18.1 Å². The Bertz CT molecular complexity index is 704. The van der Waals surface area contributed by atoms with Gasteiger partial charge in [-0.2, -0.15) is 11.8 Å². The number of nitrogens with two attached hydrogens (primary N) is 1. The number of carboxylic acids is 3. The van der Waals surface area contributed by atoms with Crippen molar-refractivity contribution in [2.45, 2.75) is 63.2 Å². The van der Waals surface area contributed by atoms with Crippen LogP contribution in [0, 0.1) is 0 Å². The van der Waals surface area contributed by atoms with Gasteiger partial charge in [-0.3, -0.25) is 24.0 Å². The van der Waals surface area contributed by atoms with Crippen LogP contribution in [0.2, 0.25) is 0 Å². The summed E-state index contributed by atoms with van der Waals surface area (Å²) in [6.45, 7) is 1.30. The van der Waals surface area contributed by atoms with Crippen molar-refractivity contribution in [1.82, 2.24) is 16.0 Å². The van der Waals surface area contributed by atoms with Gasteiger partial charge in [-0.1, -0.05) is 0 Å². The van der Waals surface area contributed by atoms with E-state index in [1.165, 1.54) is 18.7 Å². The molecular formula is C18H30N4O9S. The lowest BCUT2D eigenvalue weighted by atomic mass is 10.1. The number of nitrogens with one attached hydrogen (secondary N) is 3. The molecule has 0 aromatic heterocycles. The van der Waals surface area contributed by atoms with Crippen LogP contribution in [0.5, 0.6) is 0 Å². The van der Waals surface area contributed by atoms with E-state index in [0.717, 1.165) is 0 Å². The molecule has 3 amide bonds. The topological polar surface area (TPSA) is 225 Å². The minimum Gasteiger partial charge on any atom is -0.481 e. The molecule has 32 heavy (non-hydrogen) atoms. The molecule has 0 heterocycles. The Balaban J connectivity index is 5.01. The minimum absolute atomic E-state index is 0.121. The van der Waals surface area contributed by atoms with Crippen LogP contribution < -0.4 is 21.7 Å². The predicted octanol–water partition coefficient (Wildman–Crippen LogP) is -1.64. The van der Waals surface area contributed by atoms with Gasteiger partial charge in [-0.05, 0) is 38.2 Å². The van der Waals surface area contributed by atoms with E-state index < -0.39 is 66.2 Å². The molecule has 4 atom stereocenters. The van der Waals surface area contributed by atoms with Crippen LogP contribution in [0.3, 0.4) is 0 Å². The van der Waals surface area contributed by atoms with Crippen molar-refractivity contribution in [2.75, 3.05) is 12.0 Å². The molecule has 0 fully saturated rings. The van der Waals surface area contributed by atoms with Crippen molar-refractivity contribution in [3.63, 3.8) is 0 Å². The molecular weight excluding hydrogens is 448 g/mol. The molecule has 4 unspecified atom stereocenters. The molecule has 0 aromatic rings. The lowest BCUT2D eigenvalue weighted by Crippen LogP contribution is -2.56. The monoisotopic (exact) mass is 478 g/mol. The third kappa shape index (κ3) is 12.1. The number of carbonyl (C=O) groups excluding carboxylic acids is 3. The Morgan fingerprint density at radius 3 is 1.81 bits per heavy atom. The number of hydrogen-bond acceptors (Lipinski definition) is 8. The fourth-order valence-corrected chi connectivity index (χ4v) is 2.87. The Hall–Kier alpha value is -2.87. The van der Waals surface area contributed by atoms with Crippen LogP contribution in [0.1, 0.15) is 39.0 Å². The Morgan fingerprint density at radius 2 is 1.31 bits per heavy atom. The molecule has 182 valence electrons. The summed E-state index contributed by atoms with van der Waals surface area (Å²) >= 11 is 1.41. The predicted molar refractivity (Wildman–Crippen MR) is 114 cm³/mol. The van der Waals surface area contributed by atoms with Gasteiger partial charge in [0.05, 0.1) is 6.04 Å². The molecule has 0 bridgehead atoms. The van der Waals surface area contributed by atoms with Gasteiger partial charge in [-0.25, -0.2) is 4.79 Å². The summed E-state index contributed by atoms with van der Waals surface area (Å²) in [5.41, 5.74) is 5.65. The minimum atomic E-state index is -1.45. The first-order chi connectivity index (χ1) is 14.9. The second-order valence-electron chi connectivity index (χ2n) is 6.94. The average Bonchev–Trinajstić information content (AvgIpc) is 2.71. The second kappa shape index (κ2) is 15.0. The maximum atomic E-state index is 12.6. The first-order valence-corrected chi connectivity index (χ1v) is 11.1. The van der Waals surface area contributed by atoms with Crippen LogP contribution in [-0.4, -0.2) is 87.1 Å². The molecule has 0 aliphatic carbocycles. The van der Waals surface area contributed by atoms with Gasteiger partial charge in [0, 0.05) is 12.8 Å². The standard InChI is InChI=1S/C18H30N4O9S/c1-9(15(27)22-12(18(30)31)4-6-14(25)26)20-17(29)11(7-8-32-2)21-16(28)10(19)3-5-13(23)24/h9-12H,3-8,19H2,1-2H3,(H,20,29)(H,21,28)(H,22,27)(H,23,24)(H,25,26)(H,30,31). The highest BCUT2D eigenvalue weighted by Crippen LogP contribution is 2.04. The number of carboxylic acid groups (broad SMARTS) is 3. The fourth-order valence-electron chi connectivity index (χ4n) is 2.39. The van der Waals surface area contributed by atoms with Crippen LogP contribution in [0.25, 0.3) is 0 Å². The molecule has 0 saturated heterocycles. The Labute approximate surface area is 188 Å². The van der Waals surface area contributed by atoms with Crippen LogP contribution >= 0.6 is 11.8 Å². The molecule has 0 rings (SSSR count). The van der Waals surface area contributed by atoms with Gasteiger partial charge in [-0.15, -0.1) is 0 Å². The van der Waals surface area contributed by atoms with E-state index in [4.69, 9.17) is 21.1 Å². The summed E-state index contributed by atoms with van der Waals surface area (Å²) in [5.74, 6) is -5.54. The average molecular weight is 479 g/mol. The third-order valence-corrected chi connectivity index (χ3v) is 4.91. The lowest BCUT2D eigenvalue weighted by molar-refractivity contribution is -0.143. The van der Waals surface area contributed by atoms with E-state index in [2.05, 4.69) is 16.0 Å². The highest BCUT2D eigenvalue weighted by atomic mass is 32.2. The highest BCUT2D eigenvalue weighted by Gasteiger charge is 2.28. The SMILES string of the molecule is CSCCC(NC(=O)C(N)CCC(=O)O)C(=O)NC(C)C(=O)NC(CCC(=O)O)C(=O)O. The van der Waals surface area contributed by atoms with E-state index >= 15 is 0 Å². The summed E-state index contributed by atoms with van der Waals surface area (Å²) in [6, 6.07) is -4.81. The summed E-state index contributed by atoms with van der Waals surface area (Å²) in [5, 5.41) is 33.4. The van der Waals surface area contributed by atoms with Crippen LogP contribution in [-0.2, 0) is 28.8 Å². The summed E-state index contributed by atoms with van der Waals surface area (Å²) in [6.07, 6.45) is 0.744. The molecule has 0 spiro atoms. The van der Waals surface area contributed by atoms with Crippen molar-refractivity contribution in [3.05, 3.63) is 0 Å². The number of hydrogen-bond donors (Lipinski definition) is 7. The van der Waals surface area contributed by atoms with Gasteiger partial charge in [0.25, 0.3) is 0 Å². The first-order valence-electron chi connectivity index (χ1n) is 9.71. The third-order valence-electron chi connectivity index (χ3n) is 4.26. The van der Waals surface area contributed by atoms with E-state index in [-0.39, 0.29) is 25.7 Å². The van der Waals surface area contributed by atoms with Gasteiger partial charge in [0.15, 0.2) is 0 Å². The molecule has 0 aliphatic heterocycles.